The highest BCUT2D eigenvalue weighted by Crippen LogP contribution is 2.28. The van der Waals surface area contributed by atoms with Crippen molar-refractivity contribution in [3.05, 3.63) is 35.7 Å². The highest BCUT2D eigenvalue weighted by atomic mass is 35.6. The Morgan fingerprint density at radius 2 is 1.95 bits per heavy atom. The van der Waals surface area contributed by atoms with Gasteiger partial charge in [0.2, 0.25) is 4.96 Å². The van der Waals surface area contributed by atoms with E-state index >= 15 is 0 Å². The van der Waals surface area contributed by atoms with Crippen molar-refractivity contribution in [2.24, 2.45) is 0 Å². The molecule has 3 rings (SSSR count). The normalized spacial score (nSPS) is 11.8. The molecule has 108 valence electrons. The van der Waals surface area contributed by atoms with Crippen molar-refractivity contribution >= 4 is 63.0 Å². The van der Waals surface area contributed by atoms with E-state index in [9.17, 15) is 4.79 Å². The molecule has 5 nitrogen and oxygen atoms in total. The number of amides is 1. The molecule has 2 aromatic heterocycles. The van der Waals surface area contributed by atoms with Crippen molar-refractivity contribution < 1.29 is 4.79 Å². The number of rotatable bonds is 2. The average Bonchev–Trinajstić information content (AvgIpc) is 2.98. The molecule has 1 N–H and O–H groups in total. The van der Waals surface area contributed by atoms with Gasteiger partial charge in [-0.05, 0) is 0 Å². The summed E-state index contributed by atoms with van der Waals surface area (Å²) in [6, 6.07) is 9.72. The summed E-state index contributed by atoms with van der Waals surface area (Å²) < 4.78 is -0.422. The first-order valence-electron chi connectivity index (χ1n) is 5.73. The molecule has 0 aliphatic carbocycles. The molecule has 0 saturated heterocycles. The molecule has 0 aliphatic rings. The molecule has 0 spiro atoms. The van der Waals surface area contributed by atoms with Gasteiger partial charge in [0, 0.05) is 10.9 Å². The Morgan fingerprint density at radius 3 is 2.62 bits per heavy atom. The molecular weight excluding hydrogens is 355 g/mol. The van der Waals surface area contributed by atoms with Gasteiger partial charge in [0.05, 0.1) is 5.69 Å². The van der Waals surface area contributed by atoms with Gasteiger partial charge < -0.3 is 0 Å². The minimum atomic E-state index is -2.05. The molecule has 0 atom stereocenters. The molecule has 0 aliphatic heterocycles. The number of carbonyl (C=O) groups excluding carboxylic acids is 1. The molecule has 0 fully saturated rings. The van der Waals surface area contributed by atoms with Crippen molar-refractivity contribution in [3.63, 3.8) is 0 Å². The minimum Gasteiger partial charge on any atom is -0.289 e. The van der Waals surface area contributed by atoms with Crippen molar-refractivity contribution in [1.82, 2.24) is 14.6 Å². The van der Waals surface area contributed by atoms with Crippen LogP contribution >= 0.6 is 46.1 Å². The van der Waals surface area contributed by atoms with Crippen LogP contribution in [0.3, 0.4) is 0 Å². The van der Waals surface area contributed by atoms with E-state index in [1.54, 1.807) is 4.52 Å². The number of thiazole rings is 1. The smallest absolute Gasteiger partial charge is 0.278 e. The summed E-state index contributed by atoms with van der Waals surface area (Å²) in [6.45, 7) is 0. The molecule has 0 radical (unpaired) electrons. The minimum absolute atomic E-state index is 0.0929. The molecule has 9 heteroatoms. The van der Waals surface area contributed by atoms with E-state index in [0.717, 1.165) is 11.3 Å². The van der Waals surface area contributed by atoms with Crippen LogP contribution in [-0.2, 0) is 4.79 Å². The quantitative estimate of drug-likeness (QED) is 0.707. The number of anilines is 1. The van der Waals surface area contributed by atoms with Crippen LogP contribution in [0.2, 0.25) is 0 Å². The Labute approximate surface area is 138 Å². The van der Waals surface area contributed by atoms with Gasteiger partial charge in [0.15, 0.2) is 0 Å². The monoisotopic (exact) mass is 360 g/mol. The largest absolute Gasteiger partial charge is 0.289 e. The molecule has 0 saturated carbocycles. The average molecular weight is 362 g/mol. The van der Waals surface area contributed by atoms with Gasteiger partial charge in [0.25, 0.3) is 15.6 Å². The Balaban J connectivity index is 1.95. The number of halogens is 3. The summed E-state index contributed by atoms with van der Waals surface area (Å²) in [7, 11) is 0. The third-order valence-electron chi connectivity index (χ3n) is 2.63. The van der Waals surface area contributed by atoms with Crippen LogP contribution in [0.15, 0.2) is 35.7 Å². The van der Waals surface area contributed by atoms with Crippen LogP contribution in [0.25, 0.3) is 16.2 Å². The number of hydrogen-bond acceptors (Lipinski definition) is 4. The Bertz CT molecular complexity index is 794. The zero-order valence-corrected chi connectivity index (χ0v) is 13.3. The van der Waals surface area contributed by atoms with Crippen molar-refractivity contribution in [2.75, 3.05) is 5.32 Å². The number of hydrogen-bond donors (Lipinski definition) is 1. The van der Waals surface area contributed by atoms with E-state index in [2.05, 4.69) is 15.4 Å². The van der Waals surface area contributed by atoms with Crippen LogP contribution in [-0.4, -0.2) is 24.3 Å². The Hall–Kier alpha value is -1.34. The zero-order chi connectivity index (χ0) is 15.0. The first-order valence-corrected chi connectivity index (χ1v) is 7.74. The van der Waals surface area contributed by atoms with Gasteiger partial charge >= 0.3 is 0 Å². The van der Waals surface area contributed by atoms with E-state index < -0.39 is 9.70 Å². The number of nitrogens with one attached hydrogen (secondary N) is 1. The van der Waals surface area contributed by atoms with E-state index in [1.165, 1.54) is 11.3 Å². The second-order valence-corrected chi connectivity index (χ2v) is 7.19. The van der Waals surface area contributed by atoms with Crippen LogP contribution in [0, 0.1) is 0 Å². The maximum atomic E-state index is 11.6. The number of alkyl halides is 3. The van der Waals surface area contributed by atoms with E-state index in [1.807, 2.05) is 35.7 Å². The number of nitrogens with zero attached hydrogens (tertiary/aromatic N) is 3. The lowest BCUT2D eigenvalue weighted by Crippen LogP contribution is -2.27. The summed E-state index contributed by atoms with van der Waals surface area (Å²) in [5.41, 5.74) is 1.87. The zero-order valence-electron chi connectivity index (χ0n) is 10.3. The molecule has 3 aromatic rings. The number of aromatic nitrogens is 3. The number of fused-ring (bicyclic) bond motifs is 1. The van der Waals surface area contributed by atoms with Crippen LogP contribution in [0.1, 0.15) is 0 Å². The summed E-state index contributed by atoms with van der Waals surface area (Å²) >= 11 is 17.9. The second-order valence-electron chi connectivity index (χ2n) is 4.07. The molecular formula is C12H7Cl3N4OS. The van der Waals surface area contributed by atoms with Gasteiger partial charge in [-0.25, -0.2) is 4.52 Å². The standard InChI is InChI=1S/C12H7Cl3N4OS/c13-12(14,15)9(20)16-10-17-11-19(18-10)8(6-21-11)7-4-2-1-3-5-7/h1-6H,(H,16,18,20). The highest BCUT2D eigenvalue weighted by molar-refractivity contribution is 7.15. The van der Waals surface area contributed by atoms with E-state index in [0.29, 0.717) is 4.96 Å². The fourth-order valence-electron chi connectivity index (χ4n) is 1.71. The Morgan fingerprint density at radius 1 is 1.24 bits per heavy atom. The van der Waals surface area contributed by atoms with Gasteiger partial charge in [-0.1, -0.05) is 65.1 Å². The third-order valence-corrected chi connectivity index (χ3v) is 3.97. The number of benzene rings is 1. The van der Waals surface area contributed by atoms with E-state index in [4.69, 9.17) is 34.8 Å². The summed E-state index contributed by atoms with van der Waals surface area (Å²) in [6.07, 6.45) is 0. The lowest BCUT2D eigenvalue weighted by Gasteiger charge is -2.07. The van der Waals surface area contributed by atoms with Crippen LogP contribution < -0.4 is 5.32 Å². The topological polar surface area (TPSA) is 59.3 Å². The summed E-state index contributed by atoms with van der Waals surface area (Å²) in [5, 5.41) is 8.51. The number of carbonyl (C=O) groups is 1. The van der Waals surface area contributed by atoms with Crippen LogP contribution in [0.4, 0.5) is 5.95 Å². The van der Waals surface area contributed by atoms with E-state index in [-0.39, 0.29) is 5.95 Å². The van der Waals surface area contributed by atoms with Crippen LogP contribution in [0.5, 0.6) is 0 Å². The molecule has 2 heterocycles. The maximum absolute atomic E-state index is 11.6. The molecule has 21 heavy (non-hydrogen) atoms. The third kappa shape index (κ3) is 2.98. The lowest BCUT2D eigenvalue weighted by atomic mass is 10.2. The summed E-state index contributed by atoms with van der Waals surface area (Å²) in [4.78, 5) is 16.4. The first-order chi connectivity index (χ1) is 9.95. The van der Waals surface area contributed by atoms with Crippen molar-refractivity contribution in [1.29, 1.82) is 0 Å². The Kier molecular flexibility index (Phi) is 3.79. The molecule has 1 aromatic carbocycles. The predicted molar refractivity (Wildman–Crippen MR) is 85.2 cm³/mol. The fourth-order valence-corrected chi connectivity index (χ4v) is 2.69. The van der Waals surface area contributed by atoms with Gasteiger partial charge in [-0.3, -0.25) is 10.1 Å². The SMILES string of the molecule is O=C(Nc1nc2scc(-c3ccccc3)n2n1)C(Cl)(Cl)Cl. The maximum Gasteiger partial charge on any atom is 0.278 e. The molecule has 0 bridgehead atoms. The predicted octanol–water partition coefficient (Wildman–Crippen LogP) is 3.77. The van der Waals surface area contributed by atoms with Crippen molar-refractivity contribution in [2.45, 2.75) is 3.79 Å². The fraction of sp³-hybridized carbons (Fsp3) is 0.0833. The summed E-state index contributed by atoms with van der Waals surface area (Å²) in [5.74, 6) is -0.706. The van der Waals surface area contributed by atoms with Crippen molar-refractivity contribution in [3.8, 4) is 11.3 Å². The molecule has 0 unspecified atom stereocenters. The molecule has 1 amide bonds. The van der Waals surface area contributed by atoms with Gasteiger partial charge in [-0.2, -0.15) is 4.98 Å². The highest BCUT2D eigenvalue weighted by Gasteiger charge is 2.31. The van der Waals surface area contributed by atoms with Gasteiger partial charge in [-0.15, -0.1) is 16.4 Å². The lowest BCUT2D eigenvalue weighted by molar-refractivity contribution is -0.115. The van der Waals surface area contributed by atoms with Gasteiger partial charge in [0.1, 0.15) is 0 Å². The second kappa shape index (κ2) is 5.46. The first kappa shape index (κ1) is 14.6.